The molecule has 0 saturated carbocycles. The smallest absolute Gasteiger partial charge is 0.253 e. The number of hydrogen-bond donors (Lipinski definition) is 1. The van der Waals surface area contributed by atoms with Gasteiger partial charge in [0.15, 0.2) is 0 Å². The van der Waals surface area contributed by atoms with Gasteiger partial charge in [-0.3, -0.25) is 14.6 Å². The van der Waals surface area contributed by atoms with Gasteiger partial charge in [0.25, 0.3) is 11.8 Å². The molecule has 2 amide bonds. The third kappa shape index (κ3) is 3.94. The molecule has 7 heteroatoms. The van der Waals surface area contributed by atoms with Crippen LogP contribution in [0.3, 0.4) is 0 Å². The minimum atomic E-state index is -0.805. The summed E-state index contributed by atoms with van der Waals surface area (Å²) in [6.07, 6.45) is 1.00. The number of piperidine rings is 1. The van der Waals surface area contributed by atoms with Gasteiger partial charge in [-0.15, -0.1) is 0 Å². The number of nitrogens with zero attached hydrogens (tertiary/aromatic N) is 2. The number of methoxy groups -OCH3 is 1. The fourth-order valence-corrected chi connectivity index (χ4v) is 3.68. The van der Waals surface area contributed by atoms with Crippen LogP contribution in [0.5, 0.6) is 11.5 Å². The van der Waals surface area contributed by atoms with Crippen molar-refractivity contribution in [1.29, 1.82) is 0 Å². The van der Waals surface area contributed by atoms with Crippen LogP contribution in [-0.2, 0) is 4.79 Å². The summed E-state index contributed by atoms with van der Waals surface area (Å²) in [7, 11) is 1.60. The van der Waals surface area contributed by atoms with E-state index in [0.29, 0.717) is 48.8 Å². The Morgan fingerprint density at radius 2 is 1.83 bits per heavy atom. The van der Waals surface area contributed by atoms with Gasteiger partial charge >= 0.3 is 0 Å². The largest absolute Gasteiger partial charge is 0.497 e. The normalized spacial score (nSPS) is 17.6. The van der Waals surface area contributed by atoms with E-state index in [2.05, 4.69) is 10.3 Å². The SMILES string of the molecule is COc1cccc(OCC2=NC3(CCN(C(=O)c4ccccc4)CC3)C(=O)N2)c1. The zero-order chi connectivity index (χ0) is 20.3. The number of hydrogen-bond acceptors (Lipinski definition) is 5. The molecule has 0 aliphatic carbocycles. The monoisotopic (exact) mass is 393 g/mol. The van der Waals surface area contributed by atoms with Crippen molar-refractivity contribution in [2.24, 2.45) is 4.99 Å². The summed E-state index contributed by atoms with van der Waals surface area (Å²) in [4.78, 5) is 31.7. The third-order valence-electron chi connectivity index (χ3n) is 5.34. The second-order valence-corrected chi connectivity index (χ2v) is 7.17. The van der Waals surface area contributed by atoms with E-state index in [1.54, 1.807) is 30.2 Å². The van der Waals surface area contributed by atoms with Gasteiger partial charge in [0.2, 0.25) is 0 Å². The number of benzene rings is 2. The molecule has 2 aliphatic rings. The van der Waals surface area contributed by atoms with Crippen molar-refractivity contribution in [1.82, 2.24) is 10.2 Å². The lowest BCUT2D eigenvalue weighted by Crippen LogP contribution is -2.50. The Hall–Kier alpha value is -3.35. The predicted octanol–water partition coefficient (Wildman–Crippen LogP) is 2.28. The Morgan fingerprint density at radius 3 is 2.55 bits per heavy atom. The molecule has 150 valence electrons. The lowest BCUT2D eigenvalue weighted by atomic mass is 9.88. The van der Waals surface area contributed by atoms with Gasteiger partial charge in [-0.1, -0.05) is 24.3 Å². The molecular formula is C22H23N3O4. The highest BCUT2D eigenvalue weighted by Crippen LogP contribution is 2.31. The number of likely N-dealkylation sites (tertiary alicyclic amines) is 1. The number of amidine groups is 1. The summed E-state index contributed by atoms with van der Waals surface area (Å²) in [5.74, 6) is 1.73. The van der Waals surface area contributed by atoms with Gasteiger partial charge < -0.3 is 19.7 Å². The molecule has 2 heterocycles. The molecule has 1 fully saturated rings. The number of ether oxygens (including phenoxy) is 2. The summed E-state index contributed by atoms with van der Waals surface area (Å²) in [6, 6.07) is 16.5. The summed E-state index contributed by atoms with van der Waals surface area (Å²) >= 11 is 0. The predicted molar refractivity (Wildman–Crippen MR) is 108 cm³/mol. The number of carbonyl (C=O) groups is 2. The molecule has 0 unspecified atom stereocenters. The minimum Gasteiger partial charge on any atom is -0.497 e. The van der Waals surface area contributed by atoms with Crippen LogP contribution in [-0.4, -0.2) is 54.9 Å². The van der Waals surface area contributed by atoms with Crippen molar-refractivity contribution in [2.45, 2.75) is 18.4 Å². The maximum absolute atomic E-state index is 12.6. The Morgan fingerprint density at radius 1 is 1.10 bits per heavy atom. The molecule has 7 nitrogen and oxygen atoms in total. The minimum absolute atomic E-state index is 0.00980. The topological polar surface area (TPSA) is 80.2 Å². The molecule has 2 aromatic rings. The second-order valence-electron chi connectivity index (χ2n) is 7.17. The van der Waals surface area contributed by atoms with Crippen LogP contribution in [0.2, 0.25) is 0 Å². The van der Waals surface area contributed by atoms with Gasteiger partial charge in [0.1, 0.15) is 29.5 Å². The summed E-state index contributed by atoms with van der Waals surface area (Å²) < 4.78 is 10.9. The second kappa shape index (κ2) is 7.95. The molecule has 0 atom stereocenters. The van der Waals surface area contributed by atoms with Gasteiger partial charge in [0.05, 0.1) is 7.11 Å². The summed E-state index contributed by atoms with van der Waals surface area (Å²) in [5.41, 5.74) is -0.143. The number of rotatable bonds is 5. The molecule has 0 aromatic heterocycles. The quantitative estimate of drug-likeness (QED) is 0.845. The average molecular weight is 393 g/mol. The summed E-state index contributed by atoms with van der Waals surface area (Å²) in [6.45, 7) is 1.16. The first-order valence-corrected chi connectivity index (χ1v) is 9.61. The number of amides is 2. The van der Waals surface area contributed by atoms with E-state index in [1.807, 2.05) is 36.4 Å². The van der Waals surface area contributed by atoms with Crippen LogP contribution in [0, 0.1) is 0 Å². The molecule has 2 aromatic carbocycles. The van der Waals surface area contributed by atoms with E-state index in [-0.39, 0.29) is 18.4 Å². The fourth-order valence-electron chi connectivity index (χ4n) is 3.68. The van der Waals surface area contributed by atoms with E-state index in [0.717, 1.165) is 0 Å². The Kier molecular flexibility index (Phi) is 5.20. The van der Waals surface area contributed by atoms with Crippen molar-refractivity contribution in [3.8, 4) is 11.5 Å². The van der Waals surface area contributed by atoms with Crippen molar-refractivity contribution in [3.05, 3.63) is 60.2 Å². The summed E-state index contributed by atoms with van der Waals surface area (Å²) in [5, 5.41) is 2.84. The third-order valence-corrected chi connectivity index (χ3v) is 5.34. The Labute approximate surface area is 169 Å². The Balaban J connectivity index is 1.38. The highest BCUT2D eigenvalue weighted by atomic mass is 16.5. The van der Waals surface area contributed by atoms with Gasteiger partial charge in [0, 0.05) is 24.7 Å². The zero-order valence-corrected chi connectivity index (χ0v) is 16.3. The zero-order valence-electron chi connectivity index (χ0n) is 16.3. The number of aliphatic imine (C=N–C) groups is 1. The highest BCUT2D eigenvalue weighted by Gasteiger charge is 2.46. The average Bonchev–Trinajstić information content (AvgIpc) is 3.08. The number of carbonyl (C=O) groups excluding carboxylic acids is 2. The van der Waals surface area contributed by atoms with E-state index in [4.69, 9.17) is 9.47 Å². The number of nitrogens with one attached hydrogen (secondary N) is 1. The van der Waals surface area contributed by atoms with Crippen LogP contribution < -0.4 is 14.8 Å². The molecular weight excluding hydrogens is 370 g/mol. The molecule has 1 spiro atoms. The maximum Gasteiger partial charge on any atom is 0.253 e. The lowest BCUT2D eigenvalue weighted by Gasteiger charge is -2.35. The van der Waals surface area contributed by atoms with E-state index >= 15 is 0 Å². The highest BCUT2D eigenvalue weighted by molar-refractivity contribution is 6.09. The molecule has 0 bridgehead atoms. The van der Waals surface area contributed by atoms with Crippen LogP contribution in [0.4, 0.5) is 0 Å². The first-order chi connectivity index (χ1) is 14.1. The van der Waals surface area contributed by atoms with Crippen molar-refractivity contribution in [3.63, 3.8) is 0 Å². The molecule has 1 saturated heterocycles. The molecule has 4 rings (SSSR count). The standard InChI is InChI=1S/C22H23N3O4/c1-28-17-8-5-9-18(14-17)29-15-19-23-21(27)22(24-19)10-12-25(13-11-22)20(26)16-6-3-2-4-7-16/h2-9,14H,10-13,15H2,1H3,(H,23,24,27). The van der Waals surface area contributed by atoms with E-state index in [9.17, 15) is 9.59 Å². The maximum atomic E-state index is 12.6. The van der Waals surface area contributed by atoms with Crippen LogP contribution in [0.25, 0.3) is 0 Å². The molecule has 2 aliphatic heterocycles. The molecule has 0 radical (unpaired) electrons. The molecule has 29 heavy (non-hydrogen) atoms. The van der Waals surface area contributed by atoms with Crippen LogP contribution in [0.1, 0.15) is 23.2 Å². The van der Waals surface area contributed by atoms with Gasteiger partial charge in [-0.25, -0.2) is 0 Å². The van der Waals surface area contributed by atoms with Crippen LogP contribution in [0.15, 0.2) is 59.6 Å². The van der Waals surface area contributed by atoms with E-state index in [1.165, 1.54) is 0 Å². The molecule has 1 N–H and O–H groups in total. The first-order valence-electron chi connectivity index (χ1n) is 9.61. The van der Waals surface area contributed by atoms with Crippen molar-refractivity contribution in [2.75, 3.05) is 26.8 Å². The van der Waals surface area contributed by atoms with Gasteiger partial charge in [-0.2, -0.15) is 0 Å². The van der Waals surface area contributed by atoms with E-state index < -0.39 is 5.54 Å². The first kappa shape index (κ1) is 19.0. The Bertz CT molecular complexity index is 934. The van der Waals surface area contributed by atoms with Crippen molar-refractivity contribution >= 4 is 17.6 Å². The lowest BCUT2D eigenvalue weighted by molar-refractivity contribution is -0.125. The van der Waals surface area contributed by atoms with Crippen molar-refractivity contribution < 1.29 is 19.1 Å². The van der Waals surface area contributed by atoms with Crippen LogP contribution >= 0.6 is 0 Å². The fraction of sp³-hybridized carbons (Fsp3) is 0.318. The van der Waals surface area contributed by atoms with Gasteiger partial charge in [-0.05, 0) is 37.1 Å².